The highest BCUT2D eigenvalue weighted by Crippen LogP contribution is 2.18. The Morgan fingerprint density at radius 2 is 2.09 bits per heavy atom. The van der Waals surface area contributed by atoms with Crippen LogP contribution in [0, 0.1) is 0 Å². The number of hydrogen-bond donors (Lipinski definition) is 2. The summed E-state index contributed by atoms with van der Waals surface area (Å²) in [6, 6.07) is 7.04. The van der Waals surface area contributed by atoms with Crippen molar-refractivity contribution in [1.82, 2.24) is 15.3 Å². The van der Waals surface area contributed by atoms with Crippen LogP contribution in [-0.2, 0) is 11.3 Å². The molecule has 23 heavy (non-hydrogen) atoms. The lowest BCUT2D eigenvalue weighted by atomic mass is 10.2. The van der Waals surface area contributed by atoms with E-state index in [1.54, 1.807) is 18.3 Å². The quantitative estimate of drug-likeness (QED) is 0.868. The van der Waals surface area contributed by atoms with Gasteiger partial charge in [0.25, 0.3) is 5.91 Å². The Labute approximate surface area is 134 Å². The van der Waals surface area contributed by atoms with E-state index in [4.69, 9.17) is 10.5 Å². The van der Waals surface area contributed by atoms with Crippen molar-refractivity contribution in [1.29, 1.82) is 0 Å². The molecule has 0 saturated carbocycles. The van der Waals surface area contributed by atoms with E-state index in [-0.39, 0.29) is 5.91 Å². The zero-order valence-corrected chi connectivity index (χ0v) is 12.7. The maximum Gasteiger partial charge on any atom is 0.251 e. The molecule has 0 bridgehead atoms. The number of rotatable bonds is 4. The van der Waals surface area contributed by atoms with Crippen LogP contribution < -0.4 is 16.0 Å². The molecule has 7 nitrogen and oxygen atoms in total. The van der Waals surface area contributed by atoms with Gasteiger partial charge < -0.3 is 20.7 Å². The van der Waals surface area contributed by atoms with E-state index < -0.39 is 0 Å². The largest absolute Gasteiger partial charge is 0.384 e. The first-order chi connectivity index (χ1) is 11.2. The molecule has 0 radical (unpaired) electrons. The smallest absolute Gasteiger partial charge is 0.251 e. The number of anilines is 2. The zero-order valence-electron chi connectivity index (χ0n) is 12.7. The highest BCUT2D eigenvalue weighted by Gasteiger charge is 2.16. The minimum atomic E-state index is -0.184. The van der Waals surface area contributed by atoms with Crippen LogP contribution in [0.2, 0.25) is 0 Å². The summed E-state index contributed by atoms with van der Waals surface area (Å²) in [5.74, 6) is 1.04. The van der Waals surface area contributed by atoms with Crippen LogP contribution in [0.25, 0.3) is 0 Å². The predicted molar refractivity (Wildman–Crippen MR) is 87.1 cm³/mol. The van der Waals surface area contributed by atoms with Gasteiger partial charge >= 0.3 is 0 Å². The summed E-state index contributed by atoms with van der Waals surface area (Å²) in [6.07, 6.45) is 3.28. The summed E-state index contributed by atoms with van der Waals surface area (Å²) in [5.41, 5.74) is 7.08. The number of amides is 1. The Morgan fingerprint density at radius 1 is 1.26 bits per heavy atom. The van der Waals surface area contributed by atoms with Crippen LogP contribution in [0.5, 0.6) is 0 Å². The third-order valence-electron chi connectivity index (χ3n) is 3.66. The Bertz CT molecular complexity index is 686. The van der Waals surface area contributed by atoms with Crippen molar-refractivity contribution < 1.29 is 9.53 Å². The Kier molecular flexibility index (Phi) is 4.68. The van der Waals surface area contributed by atoms with Crippen molar-refractivity contribution in [2.75, 3.05) is 36.9 Å². The second-order valence-corrected chi connectivity index (χ2v) is 5.24. The molecular weight excluding hydrogens is 294 g/mol. The lowest BCUT2D eigenvalue weighted by Gasteiger charge is -2.29. The van der Waals surface area contributed by atoms with E-state index >= 15 is 0 Å². The molecule has 1 aliphatic heterocycles. The normalized spacial score (nSPS) is 14.5. The molecule has 0 aliphatic carbocycles. The summed E-state index contributed by atoms with van der Waals surface area (Å²) in [5, 5.41) is 2.90. The number of aromatic nitrogens is 2. The van der Waals surface area contributed by atoms with Crippen molar-refractivity contribution in [2.24, 2.45) is 0 Å². The Morgan fingerprint density at radius 3 is 2.87 bits per heavy atom. The van der Waals surface area contributed by atoms with Gasteiger partial charge in [-0.25, -0.2) is 9.97 Å². The average molecular weight is 313 g/mol. The number of nitrogens with two attached hydrogens (primary N) is 1. The highest BCUT2D eigenvalue weighted by atomic mass is 16.5. The van der Waals surface area contributed by atoms with Gasteiger partial charge in [-0.1, -0.05) is 6.07 Å². The van der Waals surface area contributed by atoms with E-state index in [2.05, 4.69) is 20.2 Å². The van der Waals surface area contributed by atoms with E-state index in [0.717, 1.165) is 24.5 Å². The molecule has 120 valence electrons. The van der Waals surface area contributed by atoms with Gasteiger partial charge in [-0.05, 0) is 18.2 Å². The molecule has 2 aromatic rings. The number of nitrogens with one attached hydrogen (secondary N) is 1. The second-order valence-electron chi connectivity index (χ2n) is 5.24. The predicted octanol–water partition coefficient (Wildman–Crippen LogP) is 0.825. The number of hydrogen-bond acceptors (Lipinski definition) is 6. The zero-order chi connectivity index (χ0) is 16.1. The number of carbonyl (C=O) groups excluding carboxylic acids is 1. The number of morpholine rings is 1. The van der Waals surface area contributed by atoms with Crippen molar-refractivity contribution >= 4 is 17.5 Å². The van der Waals surface area contributed by atoms with E-state index in [1.807, 2.05) is 12.1 Å². The standard InChI is InChI=1S/C16H19N5O2/c17-14-10-12(3-5-18-14)16(22)20-11-13-2-1-4-19-15(13)21-6-8-23-9-7-21/h1-5,10H,6-9,11H2,(H2,17,18)(H,20,22). The number of nitrogens with zero attached hydrogens (tertiary/aromatic N) is 3. The third-order valence-corrected chi connectivity index (χ3v) is 3.66. The van der Waals surface area contributed by atoms with E-state index in [1.165, 1.54) is 6.20 Å². The molecule has 0 atom stereocenters. The lowest BCUT2D eigenvalue weighted by molar-refractivity contribution is 0.0950. The SMILES string of the molecule is Nc1cc(C(=O)NCc2cccnc2N2CCOCC2)ccn1. The first-order valence-electron chi connectivity index (χ1n) is 7.50. The van der Waals surface area contributed by atoms with Gasteiger partial charge in [-0.2, -0.15) is 0 Å². The van der Waals surface area contributed by atoms with Crippen molar-refractivity contribution in [3.63, 3.8) is 0 Å². The van der Waals surface area contributed by atoms with E-state index in [9.17, 15) is 4.79 Å². The maximum atomic E-state index is 12.2. The second kappa shape index (κ2) is 7.06. The Balaban J connectivity index is 1.69. The number of nitrogen functional groups attached to an aromatic ring is 1. The fourth-order valence-corrected chi connectivity index (χ4v) is 2.50. The monoisotopic (exact) mass is 313 g/mol. The number of carbonyl (C=O) groups is 1. The molecule has 1 amide bonds. The molecule has 1 fully saturated rings. The summed E-state index contributed by atoms with van der Waals surface area (Å²) in [6.45, 7) is 3.40. The van der Waals surface area contributed by atoms with Crippen LogP contribution in [0.15, 0.2) is 36.7 Å². The summed E-state index contributed by atoms with van der Waals surface area (Å²) < 4.78 is 5.37. The number of ether oxygens (including phenoxy) is 1. The summed E-state index contributed by atoms with van der Waals surface area (Å²) in [4.78, 5) is 22.7. The van der Waals surface area contributed by atoms with Crippen LogP contribution >= 0.6 is 0 Å². The Hall–Kier alpha value is -2.67. The molecule has 3 heterocycles. The lowest BCUT2D eigenvalue weighted by Crippen LogP contribution is -2.37. The summed E-state index contributed by atoms with van der Waals surface area (Å²) in [7, 11) is 0. The fourth-order valence-electron chi connectivity index (χ4n) is 2.50. The van der Waals surface area contributed by atoms with Gasteiger partial charge in [-0.15, -0.1) is 0 Å². The van der Waals surface area contributed by atoms with Crippen molar-refractivity contribution in [2.45, 2.75) is 6.54 Å². The van der Waals surface area contributed by atoms with Crippen LogP contribution in [0.1, 0.15) is 15.9 Å². The fraction of sp³-hybridized carbons (Fsp3) is 0.312. The molecule has 2 aromatic heterocycles. The highest BCUT2D eigenvalue weighted by molar-refractivity contribution is 5.94. The molecule has 0 aromatic carbocycles. The van der Waals surface area contributed by atoms with Crippen LogP contribution in [0.3, 0.4) is 0 Å². The molecule has 3 N–H and O–H groups in total. The molecular formula is C16H19N5O2. The molecule has 0 unspecified atom stereocenters. The minimum Gasteiger partial charge on any atom is -0.384 e. The molecule has 1 saturated heterocycles. The average Bonchev–Trinajstić information content (AvgIpc) is 2.60. The minimum absolute atomic E-state index is 0.184. The van der Waals surface area contributed by atoms with Gasteiger partial charge in [0.05, 0.1) is 13.2 Å². The van der Waals surface area contributed by atoms with Crippen LogP contribution in [-0.4, -0.2) is 42.2 Å². The maximum absolute atomic E-state index is 12.2. The van der Waals surface area contributed by atoms with Gasteiger partial charge in [0, 0.05) is 43.2 Å². The van der Waals surface area contributed by atoms with Crippen LogP contribution in [0.4, 0.5) is 11.6 Å². The molecule has 3 rings (SSSR count). The third kappa shape index (κ3) is 3.75. The summed E-state index contributed by atoms with van der Waals surface area (Å²) >= 11 is 0. The van der Waals surface area contributed by atoms with Gasteiger partial charge in [0.2, 0.25) is 0 Å². The van der Waals surface area contributed by atoms with Gasteiger partial charge in [0.15, 0.2) is 0 Å². The molecule has 0 spiro atoms. The van der Waals surface area contributed by atoms with Gasteiger partial charge in [-0.3, -0.25) is 4.79 Å². The molecule has 7 heteroatoms. The molecule has 1 aliphatic rings. The first-order valence-corrected chi connectivity index (χ1v) is 7.50. The van der Waals surface area contributed by atoms with E-state index in [0.29, 0.717) is 31.1 Å². The van der Waals surface area contributed by atoms with Crippen molar-refractivity contribution in [3.05, 3.63) is 47.8 Å². The first kappa shape index (κ1) is 15.2. The van der Waals surface area contributed by atoms with Crippen molar-refractivity contribution in [3.8, 4) is 0 Å². The van der Waals surface area contributed by atoms with Gasteiger partial charge in [0.1, 0.15) is 11.6 Å². The topological polar surface area (TPSA) is 93.4 Å². The number of pyridine rings is 2.